The summed E-state index contributed by atoms with van der Waals surface area (Å²) in [5.41, 5.74) is 0. The van der Waals surface area contributed by atoms with Crippen molar-refractivity contribution in [3.05, 3.63) is 12.4 Å². The van der Waals surface area contributed by atoms with Crippen molar-refractivity contribution in [2.45, 2.75) is 220 Å². The Balaban J connectivity index is 1.87. The van der Waals surface area contributed by atoms with Gasteiger partial charge in [-0.05, 0) is 19.3 Å². The van der Waals surface area contributed by atoms with Crippen molar-refractivity contribution in [3.8, 4) is 0 Å². The lowest BCUT2D eigenvalue weighted by atomic mass is 10.0. The van der Waals surface area contributed by atoms with Crippen LogP contribution in [0.25, 0.3) is 0 Å². The predicted molar refractivity (Wildman–Crippen MR) is 182 cm³/mol. The summed E-state index contributed by atoms with van der Waals surface area (Å²) in [6.45, 7) is 9.49. The van der Waals surface area contributed by atoms with E-state index >= 15 is 0 Å². The fourth-order valence-electron chi connectivity index (χ4n) is 6.63. The van der Waals surface area contributed by atoms with Gasteiger partial charge in [0.1, 0.15) is 6.17 Å². The van der Waals surface area contributed by atoms with Gasteiger partial charge < -0.3 is 9.80 Å². The summed E-state index contributed by atoms with van der Waals surface area (Å²) in [5, 5.41) is 0. The van der Waals surface area contributed by atoms with Crippen LogP contribution in [0.5, 0.6) is 0 Å². The average Bonchev–Trinajstić information content (AvgIpc) is 3.36. The molecule has 1 aliphatic rings. The van der Waals surface area contributed by atoms with Crippen molar-refractivity contribution in [1.82, 2.24) is 9.80 Å². The zero-order chi connectivity index (χ0) is 28.8. The number of unbranched alkanes of at least 4 members (excludes halogenated alkanes) is 27. The van der Waals surface area contributed by atoms with Crippen LogP contribution in [0.2, 0.25) is 0 Å². The third-order valence-electron chi connectivity index (χ3n) is 9.37. The fourth-order valence-corrected chi connectivity index (χ4v) is 6.63. The quantitative estimate of drug-likeness (QED) is 0.0755. The molecule has 1 aliphatic heterocycles. The number of rotatable bonds is 32. The lowest BCUT2D eigenvalue weighted by Crippen LogP contribution is -2.38. The normalized spacial score (nSPS) is 15.1. The van der Waals surface area contributed by atoms with Crippen LogP contribution in [0.15, 0.2) is 12.4 Å². The first-order valence-electron chi connectivity index (χ1n) is 19.0. The molecule has 40 heavy (non-hydrogen) atoms. The van der Waals surface area contributed by atoms with E-state index in [-0.39, 0.29) is 0 Å². The lowest BCUT2D eigenvalue weighted by molar-refractivity contribution is 0.144. The van der Waals surface area contributed by atoms with Gasteiger partial charge in [-0.2, -0.15) is 0 Å². The molecule has 0 aromatic carbocycles. The van der Waals surface area contributed by atoms with E-state index in [1.165, 1.54) is 206 Å². The summed E-state index contributed by atoms with van der Waals surface area (Å²) >= 11 is 0. The van der Waals surface area contributed by atoms with Crippen molar-refractivity contribution >= 4 is 0 Å². The maximum absolute atomic E-state index is 2.63. The first-order chi connectivity index (χ1) is 19.8. The van der Waals surface area contributed by atoms with Crippen molar-refractivity contribution in [2.24, 2.45) is 0 Å². The molecule has 1 atom stereocenters. The standard InChI is InChI=1S/C38H76N2/c1-4-7-9-11-13-15-17-19-20-21-23-25-27-29-31-33-35-40-37-36-39(38(40)6-3)34-32-30-28-26-24-22-18-16-14-12-10-8-5-2/h36-38H,4-35H2,1-3H3. The SMILES string of the molecule is CCCCCCCCCCCCCCCCCCN1C=CN(CCCCCCCCCCCCCCC)C1CC. The summed E-state index contributed by atoms with van der Waals surface area (Å²) < 4.78 is 0. The molecule has 2 nitrogen and oxygen atoms in total. The molecule has 1 unspecified atom stereocenters. The maximum Gasteiger partial charge on any atom is 0.100 e. The molecule has 0 aliphatic carbocycles. The van der Waals surface area contributed by atoms with Gasteiger partial charge >= 0.3 is 0 Å². The largest absolute Gasteiger partial charge is 0.356 e. The van der Waals surface area contributed by atoms with Crippen LogP contribution in [-0.4, -0.2) is 29.1 Å². The third-order valence-corrected chi connectivity index (χ3v) is 9.37. The minimum Gasteiger partial charge on any atom is -0.356 e. The molecule has 0 aromatic rings. The molecule has 0 N–H and O–H groups in total. The van der Waals surface area contributed by atoms with Crippen LogP contribution in [0.3, 0.4) is 0 Å². The van der Waals surface area contributed by atoms with Crippen LogP contribution in [0.4, 0.5) is 0 Å². The molecule has 1 heterocycles. The zero-order valence-corrected chi connectivity index (χ0v) is 28.3. The predicted octanol–water partition coefficient (Wildman–Crippen LogP) is 13.2. The van der Waals surface area contributed by atoms with E-state index < -0.39 is 0 Å². The molecular formula is C38H76N2. The number of hydrogen-bond acceptors (Lipinski definition) is 2. The maximum atomic E-state index is 2.63. The van der Waals surface area contributed by atoms with Gasteiger partial charge in [-0.15, -0.1) is 0 Å². The fraction of sp³-hybridized carbons (Fsp3) is 0.947. The van der Waals surface area contributed by atoms with Crippen LogP contribution in [0.1, 0.15) is 213 Å². The minimum absolute atomic E-state index is 0.619. The van der Waals surface area contributed by atoms with Crippen LogP contribution in [-0.2, 0) is 0 Å². The highest BCUT2D eigenvalue weighted by Gasteiger charge is 2.23. The zero-order valence-electron chi connectivity index (χ0n) is 28.3. The van der Waals surface area contributed by atoms with Crippen molar-refractivity contribution in [2.75, 3.05) is 13.1 Å². The first kappa shape index (κ1) is 37.4. The summed E-state index contributed by atoms with van der Waals surface area (Å²) in [5.74, 6) is 0. The highest BCUT2D eigenvalue weighted by molar-refractivity contribution is 4.96. The third kappa shape index (κ3) is 22.0. The molecule has 0 saturated carbocycles. The van der Waals surface area contributed by atoms with E-state index in [9.17, 15) is 0 Å². The smallest absolute Gasteiger partial charge is 0.100 e. The molecule has 0 radical (unpaired) electrons. The van der Waals surface area contributed by atoms with E-state index in [1.807, 2.05) is 0 Å². The van der Waals surface area contributed by atoms with Gasteiger partial charge in [-0.1, -0.05) is 194 Å². The van der Waals surface area contributed by atoms with Crippen molar-refractivity contribution in [1.29, 1.82) is 0 Å². The topological polar surface area (TPSA) is 6.48 Å². The molecule has 0 amide bonds. The first-order valence-corrected chi connectivity index (χ1v) is 19.0. The Morgan fingerprint density at radius 3 is 0.775 bits per heavy atom. The minimum atomic E-state index is 0.619. The second-order valence-electron chi connectivity index (χ2n) is 13.2. The number of nitrogens with zero attached hydrogens (tertiary/aromatic N) is 2. The van der Waals surface area contributed by atoms with Crippen LogP contribution < -0.4 is 0 Å². The van der Waals surface area contributed by atoms with E-state index in [1.54, 1.807) is 0 Å². The van der Waals surface area contributed by atoms with Crippen molar-refractivity contribution in [3.63, 3.8) is 0 Å². The highest BCUT2D eigenvalue weighted by Crippen LogP contribution is 2.21. The van der Waals surface area contributed by atoms with Gasteiger partial charge in [0.15, 0.2) is 0 Å². The lowest BCUT2D eigenvalue weighted by Gasteiger charge is -2.32. The second kappa shape index (κ2) is 29.8. The van der Waals surface area contributed by atoms with Gasteiger partial charge in [0.05, 0.1) is 0 Å². The molecule has 0 fully saturated rings. The molecule has 0 bridgehead atoms. The average molecular weight is 561 g/mol. The van der Waals surface area contributed by atoms with Gasteiger partial charge in [0.25, 0.3) is 0 Å². The molecule has 0 spiro atoms. The molecule has 2 heteroatoms. The Hall–Kier alpha value is -0.660. The summed E-state index contributed by atoms with van der Waals surface area (Å²) in [7, 11) is 0. The molecular weight excluding hydrogens is 484 g/mol. The van der Waals surface area contributed by atoms with E-state index in [4.69, 9.17) is 0 Å². The Kier molecular flexibility index (Phi) is 27.9. The Bertz CT molecular complexity index is 516. The highest BCUT2D eigenvalue weighted by atomic mass is 15.4. The van der Waals surface area contributed by atoms with E-state index in [0.717, 1.165) is 0 Å². The van der Waals surface area contributed by atoms with Gasteiger partial charge in [-0.3, -0.25) is 0 Å². The summed E-state index contributed by atoms with van der Waals surface area (Å²) in [6, 6.07) is 0. The molecule has 0 aromatic heterocycles. The van der Waals surface area contributed by atoms with Crippen LogP contribution in [0, 0.1) is 0 Å². The Labute approximate surface area is 254 Å². The second-order valence-corrected chi connectivity index (χ2v) is 13.2. The summed E-state index contributed by atoms with van der Waals surface area (Å²) in [4.78, 5) is 5.26. The van der Waals surface area contributed by atoms with Crippen molar-refractivity contribution < 1.29 is 0 Å². The van der Waals surface area contributed by atoms with Crippen LogP contribution >= 0.6 is 0 Å². The number of hydrogen-bond donors (Lipinski definition) is 0. The Morgan fingerprint density at radius 2 is 0.550 bits per heavy atom. The monoisotopic (exact) mass is 561 g/mol. The Morgan fingerprint density at radius 1 is 0.325 bits per heavy atom. The van der Waals surface area contributed by atoms with E-state index in [2.05, 4.69) is 43.0 Å². The van der Waals surface area contributed by atoms with Gasteiger partial charge in [0.2, 0.25) is 0 Å². The van der Waals surface area contributed by atoms with E-state index in [0.29, 0.717) is 6.17 Å². The molecule has 238 valence electrons. The summed E-state index contributed by atoms with van der Waals surface area (Å²) in [6.07, 6.45) is 48.6. The van der Waals surface area contributed by atoms with Gasteiger partial charge in [0, 0.05) is 25.5 Å². The van der Waals surface area contributed by atoms with Gasteiger partial charge in [-0.25, -0.2) is 0 Å². The molecule has 0 saturated heterocycles. The molecule has 1 rings (SSSR count).